The molecule has 5 aromatic rings. The van der Waals surface area contributed by atoms with Gasteiger partial charge in [0.25, 0.3) is 0 Å². The van der Waals surface area contributed by atoms with E-state index in [9.17, 15) is 20.1 Å². The minimum absolute atomic E-state index is 0.0538. The van der Waals surface area contributed by atoms with Gasteiger partial charge >= 0.3 is 12.1 Å². The number of carbonyl (C=O) groups excluding carboxylic acids is 2. The number of benzene rings is 2. The number of hydrogen-bond acceptors (Lipinski definition) is 10. The molecule has 0 amide bonds. The fraction of sp³-hybridized carbons (Fsp3) is 0.133. The molecule has 0 radical (unpaired) electrons. The highest BCUT2D eigenvalue weighted by Gasteiger charge is 2.19. The maximum Gasteiger partial charge on any atom is 0.373 e. The Morgan fingerprint density at radius 2 is 1.22 bits per heavy atom. The SMILES string of the molecule is COc1cc(-c2cc(C)c(-c3ccc(-c4sc(-c5ccc(O)c(OC)c5)cc4CC(=O)O)s3)s2)ccc1O.O=C=O. The number of carboxylic acid groups (broad SMARTS) is 1. The van der Waals surface area contributed by atoms with Crippen molar-refractivity contribution in [1.82, 2.24) is 0 Å². The minimum Gasteiger partial charge on any atom is -0.504 e. The zero-order chi connectivity index (χ0) is 29.7. The quantitative estimate of drug-likeness (QED) is 0.167. The number of hydrogen-bond donors (Lipinski definition) is 3. The summed E-state index contributed by atoms with van der Waals surface area (Å²) in [6.45, 7) is 2.07. The van der Waals surface area contributed by atoms with Gasteiger partial charge in [0.1, 0.15) is 0 Å². The van der Waals surface area contributed by atoms with E-state index in [1.807, 2.05) is 24.3 Å². The molecule has 0 saturated carbocycles. The molecule has 5 rings (SSSR count). The van der Waals surface area contributed by atoms with E-state index in [1.54, 1.807) is 46.9 Å². The molecule has 0 bridgehead atoms. The predicted molar refractivity (Wildman–Crippen MR) is 159 cm³/mol. The molecule has 3 N–H and O–H groups in total. The number of thiophene rings is 3. The lowest BCUT2D eigenvalue weighted by Crippen LogP contribution is -1.99. The van der Waals surface area contributed by atoms with Crippen molar-refractivity contribution < 1.29 is 39.2 Å². The summed E-state index contributed by atoms with van der Waals surface area (Å²) in [6.07, 6.45) is 0.166. The van der Waals surface area contributed by atoms with Crippen LogP contribution in [0, 0.1) is 6.92 Å². The minimum atomic E-state index is -0.890. The third-order valence-corrected chi connectivity index (χ3v) is 10.0. The molecule has 0 spiro atoms. The van der Waals surface area contributed by atoms with Crippen molar-refractivity contribution in [3.05, 3.63) is 71.8 Å². The Balaban J connectivity index is 0.00000124. The van der Waals surface area contributed by atoms with Crippen LogP contribution >= 0.6 is 34.0 Å². The largest absolute Gasteiger partial charge is 0.504 e. The van der Waals surface area contributed by atoms with E-state index in [2.05, 4.69) is 19.1 Å². The van der Waals surface area contributed by atoms with Crippen LogP contribution in [0.15, 0.2) is 60.7 Å². The second-order valence-corrected chi connectivity index (χ2v) is 11.9. The van der Waals surface area contributed by atoms with E-state index in [0.29, 0.717) is 11.5 Å². The lowest BCUT2D eigenvalue weighted by molar-refractivity contribution is -0.191. The molecule has 0 atom stereocenters. The number of aliphatic carboxylic acids is 1. The van der Waals surface area contributed by atoms with Crippen molar-refractivity contribution in [2.24, 2.45) is 0 Å². The van der Waals surface area contributed by atoms with Crippen LogP contribution in [0.3, 0.4) is 0 Å². The molecular weight excluding hydrogens is 585 g/mol. The van der Waals surface area contributed by atoms with Gasteiger partial charge < -0.3 is 24.8 Å². The van der Waals surface area contributed by atoms with Crippen molar-refractivity contribution in [2.45, 2.75) is 13.3 Å². The number of phenolic OH excluding ortho intramolecular Hbond substituents is 2. The van der Waals surface area contributed by atoms with Crippen LogP contribution in [0.5, 0.6) is 23.0 Å². The molecule has 3 aromatic heterocycles. The first-order valence-electron chi connectivity index (χ1n) is 12.0. The van der Waals surface area contributed by atoms with E-state index in [1.165, 1.54) is 25.6 Å². The fourth-order valence-corrected chi connectivity index (χ4v) is 7.86. The number of aromatic hydroxyl groups is 2. The lowest BCUT2D eigenvalue weighted by Gasteiger charge is -2.05. The summed E-state index contributed by atoms with van der Waals surface area (Å²) in [5.74, 6) is 0.0628. The van der Waals surface area contributed by atoms with E-state index in [-0.39, 0.29) is 24.1 Å². The van der Waals surface area contributed by atoms with Crippen LogP contribution in [0.25, 0.3) is 40.4 Å². The Morgan fingerprint density at radius 1 is 0.732 bits per heavy atom. The maximum atomic E-state index is 11.7. The number of carboxylic acids is 1. The van der Waals surface area contributed by atoms with Crippen LogP contribution in [-0.2, 0) is 20.8 Å². The van der Waals surface area contributed by atoms with E-state index >= 15 is 0 Å². The summed E-state index contributed by atoms with van der Waals surface area (Å²) in [4.78, 5) is 34.0. The van der Waals surface area contributed by atoms with E-state index < -0.39 is 5.97 Å². The number of carbonyl (C=O) groups is 1. The summed E-state index contributed by atoms with van der Waals surface area (Å²) < 4.78 is 10.5. The van der Waals surface area contributed by atoms with Crippen molar-refractivity contribution in [2.75, 3.05) is 14.2 Å². The second kappa shape index (κ2) is 12.8. The second-order valence-electron chi connectivity index (χ2n) is 8.68. The van der Waals surface area contributed by atoms with Gasteiger partial charge in [-0.1, -0.05) is 0 Å². The summed E-state index contributed by atoms with van der Waals surface area (Å²) in [6, 6.07) is 18.6. The Morgan fingerprint density at radius 3 is 1.73 bits per heavy atom. The van der Waals surface area contributed by atoms with Gasteiger partial charge in [-0.15, -0.1) is 34.0 Å². The normalized spacial score (nSPS) is 10.4. The molecule has 3 heterocycles. The van der Waals surface area contributed by atoms with Gasteiger partial charge in [-0.25, -0.2) is 0 Å². The predicted octanol–water partition coefficient (Wildman–Crippen LogP) is 7.32. The highest BCUT2D eigenvalue weighted by atomic mass is 32.1. The zero-order valence-corrected chi connectivity index (χ0v) is 24.5. The van der Waals surface area contributed by atoms with Gasteiger partial charge in [0, 0.05) is 29.3 Å². The molecule has 0 aliphatic heterocycles. The van der Waals surface area contributed by atoms with Gasteiger partial charge in [0.05, 0.1) is 20.6 Å². The average molecular weight is 609 g/mol. The van der Waals surface area contributed by atoms with Gasteiger partial charge in [0.15, 0.2) is 23.0 Å². The molecule has 2 aromatic carbocycles. The first kappa shape index (κ1) is 29.6. The topological polar surface area (TPSA) is 130 Å². The van der Waals surface area contributed by atoms with Crippen LogP contribution in [0.1, 0.15) is 11.1 Å². The molecule has 0 fully saturated rings. The van der Waals surface area contributed by atoms with Crippen molar-refractivity contribution in [1.29, 1.82) is 0 Å². The summed E-state index contributed by atoms with van der Waals surface area (Å²) >= 11 is 4.83. The number of methoxy groups -OCH3 is 2. The number of ether oxygens (including phenoxy) is 2. The zero-order valence-electron chi connectivity index (χ0n) is 22.1. The van der Waals surface area contributed by atoms with Crippen LogP contribution < -0.4 is 9.47 Å². The standard InChI is InChI=1S/C29H24O6S3.CO2/c1-15-10-25(16-4-6-19(30)21(11-16)34-2)37-28(15)23-8-9-24(36-23)29-18(14-27(32)33)13-26(38-29)17-5-7-20(31)22(12-17)35-3;2-1-3/h4-13,30-31H,14H2,1-3H3,(H,32,33);. The molecule has 0 aliphatic rings. The monoisotopic (exact) mass is 608 g/mol. The highest BCUT2D eigenvalue weighted by Crippen LogP contribution is 2.47. The fourth-order valence-electron chi connectivity index (χ4n) is 4.19. The van der Waals surface area contributed by atoms with Crippen molar-refractivity contribution in [3.8, 4) is 63.4 Å². The molecule has 0 unspecified atom stereocenters. The van der Waals surface area contributed by atoms with E-state index in [0.717, 1.165) is 51.5 Å². The smallest absolute Gasteiger partial charge is 0.373 e. The molecule has 11 heteroatoms. The van der Waals surface area contributed by atoms with Gasteiger partial charge in [-0.2, -0.15) is 9.59 Å². The van der Waals surface area contributed by atoms with Crippen LogP contribution in [-0.4, -0.2) is 41.7 Å². The third kappa shape index (κ3) is 6.50. The average Bonchev–Trinajstić information content (AvgIpc) is 3.68. The van der Waals surface area contributed by atoms with Gasteiger partial charge in [-0.05, 0) is 89.8 Å². The molecule has 8 nitrogen and oxygen atoms in total. The first-order chi connectivity index (χ1) is 19.7. The Labute approximate surface area is 247 Å². The Hall–Kier alpha value is -4.41. The first-order valence-corrected chi connectivity index (χ1v) is 14.4. The number of aryl methyl sites for hydroxylation is 1. The number of rotatable bonds is 8. The van der Waals surface area contributed by atoms with Crippen molar-refractivity contribution in [3.63, 3.8) is 0 Å². The molecule has 0 saturated heterocycles. The van der Waals surface area contributed by atoms with Crippen LogP contribution in [0.2, 0.25) is 0 Å². The van der Waals surface area contributed by atoms with Gasteiger partial charge in [-0.3, -0.25) is 4.79 Å². The molecule has 41 heavy (non-hydrogen) atoms. The van der Waals surface area contributed by atoms with E-state index in [4.69, 9.17) is 19.1 Å². The number of phenols is 2. The molecule has 0 aliphatic carbocycles. The third-order valence-electron chi connectivity index (χ3n) is 6.05. The van der Waals surface area contributed by atoms with Gasteiger partial charge in [0.2, 0.25) is 0 Å². The molecule has 210 valence electrons. The summed E-state index contributed by atoms with van der Waals surface area (Å²) in [5.41, 5.74) is 3.70. The van der Waals surface area contributed by atoms with Crippen LogP contribution in [0.4, 0.5) is 0 Å². The highest BCUT2D eigenvalue weighted by molar-refractivity contribution is 7.28. The summed E-state index contributed by atoms with van der Waals surface area (Å²) in [7, 11) is 3.03. The summed E-state index contributed by atoms with van der Waals surface area (Å²) in [5, 5.41) is 29.5. The Bertz CT molecular complexity index is 1740. The maximum absolute atomic E-state index is 11.7. The molecular formula is C30H24O8S3. The Kier molecular flexibility index (Phi) is 9.26. The lowest BCUT2D eigenvalue weighted by atomic mass is 10.1. The van der Waals surface area contributed by atoms with Crippen molar-refractivity contribution >= 4 is 46.1 Å².